The highest BCUT2D eigenvalue weighted by atomic mass is 32.2. The SMILES string of the molecule is CCCC(C)NS(=O)(=O)c1ccc(NCc2ccc(OCC3CCCO3)c(OC)c2)nc1. The van der Waals surface area contributed by atoms with E-state index in [2.05, 4.69) is 15.0 Å². The van der Waals surface area contributed by atoms with E-state index in [0.29, 0.717) is 30.5 Å². The van der Waals surface area contributed by atoms with Crippen LogP contribution < -0.4 is 19.5 Å². The molecule has 1 aromatic heterocycles. The Kier molecular flexibility index (Phi) is 8.72. The summed E-state index contributed by atoms with van der Waals surface area (Å²) in [7, 11) is -1.96. The first-order valence-corrected chi connectivity index (χ1v) is 12.5. The van der Waals surface area contributed by atoms with E-state index in [1.807, 2.05) is 32.0 Å². The van der Waals surface area contributed by atoms with Crippen LogP contribution in [0.1, 0.15) is 45.1 Å². The molecule has 0 aliphatic carbocycles. The van der Waals surface area contributed by atoms with E-state index < -0.39 is 10.0 Å². The Hall–Kier alpha value is -2.36. The van der Waals surface area contributed by atoms with Crippen LogP contribution in [0.25, 0.3) is 0 Å². The van der Waals surface area contributed by atoms with Gasteiger partial charge in [0.2, 0.25) is 10.0 Å². The number of hydrogen-bond donors (Lipinski definition) is 2. The molecule has 2 aromatic rings. The monoisotopic (exact) mass is 463 g/mol. The number of benzene rings is 1. The number of pyridine rings is 1. The highest BCUT2D eigenvalue weighted by Crippen LogP contribution is 2.29. The van der Waals surface area contributed by atoms with Gasteiger partial charge in [-0.2, -0.15) is 0 Å². The zero-order valence-electron chi connectivity index (χ0n) is 19.0. The predicted molar refractivity (Wildman–Crippen MR) is 124 cm³/mol. The van der Waals surface area contributed by atoms with Crippen molar-refractivity contribution in [1.82, 2.24) is 9.71 Å². The zero-order valence-corrected chi connectivity index (χ0v) is 19.8. The number of nitrogens with zero attached hydrogens (tertiary/aromatic N) is 1. The van der Waals surface area contributed by atoms with Gasteiger partial charge in [0, 0.05) is 25.4 Å². The molecule has 1 aliphatic rings. The van der Waals surface area contributed by atoms with Crippen LogP contribution in [-0.2, 0) is 21.3 Å². The summed E-state index contributed by atoms with van der Waals surface area (Å²) in [6.07, 6.45) is 5.30. The van der Waals surface area contributed by atoms with E-state index in [4.69, 9.17) is 14.2 Å². The molecule has 1 aromatic carbocycles. The number of nitrogens with one attached hydrogen (secondary N) is 2. The summed E-state index contributed by atoms with van der Waals surface area (Å²) < 4.78 is 44.5. The van der Waals surface area contributed by atoms with Gasteiger partial charge in [-0.25, -0.2) is 18.1 Å². The Balaban J connectivity index is 1.56. The molecule has 8 nitrogen and oxygen atoms in total. The lowest BCUT2D eigenvalue weighted by molar-refractivity contribution is 0.0669. The molecule has 0 bridgehead atoms. The first-order chi connectivity index (χ1) is 15.4. The molecule has 176 valence electrons. The number of ether oxygens (including phenoxy) is 3. The van der Waals surface area contributed by atoms with E-state index in [1.54, 1.807) is 19.2 Å². The molecule has 9 heteroatoms. The molecule has 3 rings (SSSR count). The molecular formula is C23H33N3O5S. The fourth-order valence-electron chi connectivity index (χ4n) is 3.56. The molecule has 0 amide bonds. The molecule has 1 aliphatic heterocycles. The lowest BCUT2D eigenvalue weighted by Crippen LogP contribution is -2.32. The summed E-state index contributed by atoms with van der Waals surface area (Å²) in [4.78, 5) is 4.40. The Morgan fingerprint density at radius 2 is 2.09 bits per heavy atom. The van der Waals surface area contributed by atoms with Gasteiger partial charge >= 0.3 is 0 Å². The number of hydrogen-bond acceptors (Lipinski definition) is 7. The van der Waals surface area contributed by atoms with Crippen molar-refractivity contribution in [2.45, 2.75) is 63.1 Å². The summed E-state index contributed by atoms with van der Waals surface area (Å²) in [5.41, 5.74) is 0.986. The second kappa shape index (κ2) is 11.5. The summed E-state index contributed by atoms with van der Waals surface area (Å²) in [5.74, 6) is 1.93. The molecule has 2 atom stereocenters. The Morgan fingerprint density at radius 1 is 1.25 bits per heavy atom. The van der Waals surface area contributed by atoms with Crippen molar-refractivity contribution in [1.29, 1.82) is 0 Å². The van der Waals surface area contributed by atoms with Gasteiger partial charge in [-0.05, 0) is 56.0 Å². The van der Waals surface area contributed by atoms with Gasteiger partial charge in [0.05, 0.1) is 13.2 Å². The maximum atomic E-state index is 12.4. The van der Waals surface area contributed by atoms with Crippen LogP contribution in [-0.4, -0.2) is 45.9 Å². The molecule has 32 heavy (non-hydrogen) atoms. The predicted octanol–water partition coefficient (Wildman–Crippen LogP) is 3.73. The number of aromatic nitrogens is 1. The Bertz CT molecular complexity index is 960. The van der Waals surface area contributed by atoms with Crippen molar-refractivity contribution in [3.63, 3.8) is 0 Å². The average Bonchev–Trinajstić information content (AvgIpc) is 3.30. The zero-order chi connectivity index (χ0) is 23.0. The van der Waals surface area contributed by atoms with Crippen molar-refractivity contribution in [3.05, 3.63) is 42.1 Å². The van der Waals surface area contributed by atoms with Crippen LogP contribution in [0.3, 0.4) is 0 Å². The largest absolute Gasteiger partial charge is 0.493 e. The van der Waals surface area contributed by atoms with E-state index in [9.17, 15) is 8.42 Å². The topological polar surface area (TPSA) is 98.8 Å². The summed E-state index contributed by atoms with van der Waals surface area (Å²) in [6, 6.07) is 8.86. The molecule has 1 saturated heterocycles. The third kappa shape index (κ3) is 6.82. The molecule has 2 N–H and O–H groups in total. The van der Waals surface area contributed by atoms with Crippen molar-refractivity contribution >= 4 is 15.8 Å². The van der Waals surface area contributed by atoms with Gasteiger partial charge in [-0.1, -0.05) is 19.4 Å². The maximum Gasteiger partial charge on any atom is 0.242 e. The van der Waals surface area contributed by atoms with E-state index >= 15 is 0 Å². The number of methoxy groups -OCH3 is 1. The van der Waals surface area contributed by atoms with Gasteiger partial charge < -0.3 is 19.5 Å². The minimum atomic E-state index is -3.57. The van der Waals surface area contributed by atoms with Gasteiger partial charge in [0.1, 0.15) is 17.3 Å². The minimum Gasteiger partial charge on any atom is -0.493 e. The molecule has 2 unspecified atom stereocenters. The first kappa shape index (κ1) is 24.3. The lowest BCUT2D eigenvalue weighted by Gasteiger charge is -2.15. The maximum absolute atomic E-state index is 12.4. The van der Waals surface area contributed by atoms with Gasteiger partial charge in [0.15, 0.2) is 11.5 Å². The van der Waals surface area contributed by atoms with Crippen LogP contribution in [0.5, 0.6) is 11.5 Å². The third-order valence-electron chi connectivity index (χ3n) is 5.28. The molecule has 2 heterocycles. The average molecular weight is 464 g/mol. The summed E-state index contributed by atoms with van der Waals surface area (Å²) in [5, 5.41) is 3.21. The summed E-state index contributed by atoms with van der Waals surface area (Å²) in [6.45, 7) is 5.70. The molecular weight excluding hydrogens is 430 g/mol. The van der Waals surface area contributed by atoms with E-state index in [-0.39, 0.29) is 17.0 Å². The molecule has 0 radical (unpaired) electrons. The van der Waals surface area contributed by atoms with E-state index in [1.165, 1.54) is 6.20 Å². The number of rotatable bonds is 12. The van der Waals surface area contributed by atoms with Crippen LogP contribution in [0.2, 0.25) is 0 Å². The first-order valence-electron chi connectivity index (χ1n) is 11.0. The summed E-state index contributed by atoms with van der Waals surface area (Å²) >= 11 is 0. The van der Waals surface area contributed by atoms with Crippen LogP contribution in [0.4, 0.5) is 5.82 Å². The van der Waals surface area contributed by atoms with Crippen LogP contribution in [0, 0.1) is 0 Å². The third-order valence-corrected chi connectivity index (χ3v) is 6.85. The normalized spacial score (nSPS) is 17.2. The molecule has 0 spiro atoms. The van der Waals surface area contributed by atoms with Gasteiger partial charge in [-0.15, -0.1) is 0 Å². The number of anilines is 1. The Labute approximate surface area is 190 Å². The second-order valence-electron chi connectivity index (χ2n) is 7.97. The van der Waals surface area contributed by atoms with Crippen molar-refractivity contribution in [2.24, 2.45) is 0 Å². The molecule has 0 saturated carbocycles. The fraction of sp³-hybridized carbons (Fsp3) is 0.522. The lowest BCUT2D eigenvalue weighted by atomic mass is 10.2. The number of sulfonamides is 1. The van der Waals surface area contributed by atoms with Crippen molar-refractivity contribution in [2.75, 3.05) is 25.6 Å². The van der Waals surface area contributed by atoms with Crippen molar-refractivity contribution in [3.8, 4) is 11.5 Å². The van der Waals surface area contributed by atoms with E-state index in [0.717, 1.165) is 37.9 Å². The van der Waals surface area contributed by atoms with Crippen LogP contribution in [0.15, 0.2) is 41.4 Å². The highest BCUT2D eigenvalue weighted by molar-refractivity contribution is 7.89. The highest BCUT2D eigenvalue weighted by Gasteiger charge is 2.18. The standard InChI is InChI=1S/C23H33N3O5S/c1-4-6-17(2)26-32(27,28)20-9-11-23(25-15-20)24-14-18-8-10-21(22(13-18)29-3)31-16-19-7-5-12-30-19/h8-11,13,15,17,19,26H,4-7,12,14,16H2,1-3H3,(H,24,25). The van der Waals surface area contributed by atoms with Crippen molar-refractivity contribution < 1.29 is 22.6 Å². The fourth-order valence-corrected chi connectivity index (χ4v) is 4.78. The van der Waals surface area contributed by atoms with Crippen LogP contribution >= 0.6 is 0 Å². The quantitative estimate of drug-likeness (QED) is 0.495. The van der Waals surface area contributed by atoms with Gasteiger partial charge in [-0.3, -0.25) is 0 Å². The second-order valence-corrected chi connectivity index (χ2v) is 9.69. The molecule has 1 fully saturated rings. The minimum absolute atomic E-state index is 0.115. The Morgan fingerprint density at radius 3 is 2.75 bits per heavy atom. The van der Waals surface area contributed by atoms with Gasteiger partial charge in [0.25, 0.3) is 0 Å². The smallest absolute Gasteiger partial charge is 0.242 e.